The minimum atomic E-state index is -0.563. The standard InChI is InChI=1S/C19H22F2N4O/c20-17-11-16(12-18(21)13-17)14-24-7-9-25(10-8-24)19(26)23-6-3-15-1-4-22-5-2-15/h1-2,4-5,11-13H,3,6-10,14H2,(H,23,26). The first kappa shape index (κ1) is 18.3. The number of hydrogen-bond donors (Lipinski definition) is 1. The zero-order valence-corrected chi connectivity index (χ0v) is 14.5. The number of benzene rings is 1. The number of amides is 2. The molecule has 1 fully saturated rings. The first-order valence-electron chi connectivity index (χ1n) is 8.69. The number of urea groups is 1. The molecule has 2 aromatic rings. The summed E-state index contributed by atoms with van der Waals surface area (Å²) < 4.78 is 26.5. The molecular weight excluding hydrogens is 338 g/mol. The highest BCUT2D eigenvalue weighted by atomic mass is 19.1. The van der Waals surface area contributed by atoms with Gasteiger partial charge in [-0.25, -0.2) is 13.6 Å². The lowest BCUT2D eigenvalue weighted by Gasteiger charge is -2.34. The molecular formula is C19H22F2N4O. The molecule has 0 spiro atoms. The Hall–Kier alpha value is -2.54. The molecule has 3 rings (SSSR count). The summed E-state index contributed by atoms with van der Waals surface area (Å²) in [6.07, 6.45) is 4.24. The number of pyridine rings is 1. The van der Waals surface area contributed by atoms with Crippen molar-refractivity contribution in [3.63, 3.8) is 0 Å². The monoisotopic (exact) mass is 360 g/mol. The van der Waals surface area contributed by atoms with Crippen LogP contribution in [0.25, 0.3) is 0 Å². The van der Waals surface area contributed by atoms with Crippen molar-refractivity contribution in [3.8, 4) is 0 Å². The van der Waals surface area contributed by atoms with Gasteiger partial charge in [0, 0.05) is 57.7 Å². The van der Waals surface area contributed by atoms with E-state index in [1.54, 1.807) is 17.3 Å². The highest BCUT2D eigenvalue weighted by Gasteiger charge is 2.21. The largest absolute Gasteiger partial charge is 0.338 e. The number of aromatic nitrogens is 1. The third kappa shape index (κ3) is 5.23. The van der Waals surface area contributed by atoms with Crippen LogP contribution in [-0.2, 0) is 13.0 Å². The molecule has 0 bridgehead atoms. The summed E-state index contributed by atoms with van der Waals surface area (Å²) in [5.41, 5.74) is 1.74. The van der Waals surface area contributed by atoms with Gasteiger partial charge >= 0.3 is 6.03 Å². The fraction of sp³-hybridized carbons (Fsp3) is 0.368. The number of halogens is 2. The topological polar surface area (TPSA) is 48.5 Å². The first-order chi connectivity index (χ1) is 12.6. The van der Waals surface area contributed by atoms with Crippen LogP contribution in [0.1, 0.15) is 11.1 Å². The van der Waals surface area contributed by atoms with Gasteiger partial charge in [0.1, 0.15) is 11.6 Å². The van der Waals surface area contributed by atoms with E-state index < -0.39 is 11.6 Å². The quantitative estimate of drug-likeness (QED) is 0.891. The Morgan fingerprint density at radius 2 is 1.65 bits per heavy atom. The number of nitrogens with zero attached hydrogens (tertiary/aromatic N) is 3. The van der Waals surface area contributed by atoms with Crippen LogP contribution in [0.3, 0.4) is 0 Å². The summed E-state index contributed by atoms with van der Waals surface area (Å²) in [7, 11) is 0. The molecule has 138 valence electrons. The minimum Gasteiger partial charge on any atom is -0.338 e. The van der Waals surface area contributed by atoms with E-state index in [4.69, 9.17) is 0 Å². The Labute approximate surface area is 151 Å². The Kier molecular flexibility index (Phi) is 6.12. The lowest BCUT2D eigenvalue weighted by atomic mass is 10.2. The molecule has 1 aromatic carbocycles. The second kappa shape index (κ2) is 8.71. The zero-order valence-electron chi connectivity index (χ0n) is 14.5. The molecule has 0 aliphatic carbocycles. The summed E-state index contributed by atoms with van der Waals surface area (Å²) in [4.78, 5) is 20.1. The fourth-order valence-electron chi connectivity index (χ4n) is 3.04. The van der Waals surface area contributed by atoms with Crippen LogP contribution in [0, 0.1) is 11.6 Å². The van der Waals surface area contributed by atoms with Crippen LogP contribution < -0.4 is 5.32 Å². The van der Waals surface area contributed by atoms with Crippen molar-refractivity contribution >= 4 is 6.03 Å². The number of hydrogen-bond acceptors (Lipinski definition) is 3. The lowest BCUT2D eigenvalue weighted by Crippen LogP contribution is -2.51. The molecule has 0 saturated carbocycles. The maximum atomic E-state index is 13.3. The van der Waals surface area contributed by atoms with Gasteiger partial charge in [-0.2, -0.15) is 0 Å². The van der Waals surface area contributed by atoms with E-state index in [1.807, 2.05) is 12.1 Å². The van der Waals surface area contributed by atoms with Crippen molar-refractivity contribution in [2.24, 2.45) is 0 Å². The van der Waals surface area contributed by atoms with Crippen molar-refractivity contribution in [2.75, 3.05) is 32.7 Å². The van der Waals surface area contributed by atoms with Crippen LogP contribution in [0.5, 0.6) is 0 Å². The van der Waals surface area contributed by atoms with E-state index in [-0.39, 0.29) is 6.03 Å². The Morgan fingerprint density at radius 3 is 2.31 bits per heavy atom. The van der Waals surface area contributed by atoms with Crippen LogP contribution in [-0.4, -0.2) is 53.5 Å². The second-order valence-electron chi connectivity index (χ2n) is 6.38. The SMILES string of the molecule is O=C(NCCc1ccncc1)N1CCN(Cc2cc(F)cc(F)c2)CC1. The summed E-state index contributed by atoms with van der Waals surface area (Å²) in [6.45, 7) is 3.60. The maximum Gasteiger partial charge on any atom is 0.317 e. The number of carbonyl (C=O) groups excluding carboxylic acids is 1. The fourth-order valence-corrected chi connectivity index (χ4v) is 3.04. The van der Waals surface area contributed by atoms with E-state index >= 15 is 0 Å². The molecule has 2 amide bonds. The molecule has 0 atom stereocenters. The Morgan fingerprint density at radius 1 is 1.00 bits per heavy atom. The predicted molar refractivity (Wildman–Crippen MR) is 94.5 cm³/mol. The number of carbonyl (C=O) groups is 1. The van der Waals surface area contributed by atoms with Gasteiger partial charge in [0.25, 0.3) is 0 Å². The van der Waals surface area contributed by atoms with Gasteiger partial charge < -0.3 is 10.2 Å². The molecule has 7 heteroatoms. The minimum absolute atomic E-state index is 0.0736. The summed E-state index contributed by atoms with van der Waals surface area (Å²) in [5, 5.41) is 2.93. The second-order valence-corrected chi connectivity index (χ2v) is 6.38. The van der Waals surface area contributed by atoms with Crippen LogP contribution in [0.2, 0.25) is 0 Å². The van der Waals surface area contributed by atoms with Gasteiger partial charge in [-0.1, -0.05) is 0 Å². The highest BCUT2D eigenvalue weighted by Crippen LogP contribution is 2.12. The molecule has 0 radical (unpaired) electrons. The van der Waals surface area contributed by atoms with E-state index in [0.717, 1.165) is 18.1 Å². The number of nitrogens with one attached hydrogen (secondary N) is 1. The van der Waals surface area contributed by atoms with Crippen molar-refractivity contribution in [3.05, 3.63) is 65.5 Å². The van der Waals surface area contributed by atoms with Gasteiger partial charge in [0.05, 0.1) is 0 Å². The molecule has 1 saturated heterocycles. The van der Waals surface area contributed by atoms with Crippen molar-refractivity contribution in [1.29, 1.82) is 0 Å². The van der Waals surface area contributed by atoms with Gasteiger partial charge in [-0.05, 0) is 41.8 Å². The zero-order chi connectivity index (χ0) is 18.4. The van der Waals surface area contributed by atoms with E-state index in [0.29, 0.717) is 44.8 Å². The molecule has 1 aliphatic rings. The van der Waals surface area contributed by atoms with Crippen LogP contribution in [0.15, 0.2) is 42.7 Å². The van der Waals surface area contributed by atoms with Gasteiger partial charge in [0.15, 0.2) is 0 Å². The predicted octanol–water partition coefficient (Wildman–Crippen LogP) is 2.43. The summed E-state index contributed by atoms with van der Waals surface area (Å²) in [6, 6.07) is 7.36. The molecule has 1 aromatic heterocycles. The average Bonchev–Trinajstić information content (AvgIpc) is 2.62. The van der Waals surface area contributed by atoms with Crippen molar-refractivity contribution < 1.29 is 13.6 Å². The first-order valence-corrected chi connectivity index (χ1v) is 8.69. The third-order valence-corrected chi connectivity index (χ3v) is 4.43. The molecule has 1 aliphatic heterocycles. The van der Waals surface area contributed by atoms with Crippen molar-refractivity contribution in [2.45, 2.75) is 13.0 Å². The molecule has 0 unspecified atom stereocenters. The smallest absolute Gasteiger partial charge is 0.317 e. The Bertz CT molecular complexity index is 713. The van der Waals surface area contributed by atoms with Gasteiger partial charge in [-0.15, -0.1) is 0 Å². The molecule has 2 heterocycles. The van der Waals surface area contributed by atoms with E-state index in [2.05, 4.69) is 15.2 Å². The van der Waals surface area contributed by atoms with Gasteiger partial charge in [0.2, 0.25) is 0 Å². The lowest BCUT2D eigenvalue weighted by molar-refractivity contribution is 0.135. The molecule has 1 N–H and O–H groups in total. The Balaban J connectivity index is 1.40. The van der Waals surface area contributed by atoms with E-state index in [9.17, 15) is 13.6 Å². The molecule has 26 heavy (non-hydrogen) atoms. The normalized spacial score (nSPS) is 15.1. The van der Waals surface area contributed by atoms with E-state index in [1.165, 1.54) is 12.1 Å². The molecule has 5 nitrogen and oxygen atoms in total. The van der Waals surface area contributed by atoms with Crippen molar-refractivity contribution in [1.82, 2.24) is 20.1 Å². The van der Waals surface area contributed by atoms with Crippen LogP contribution in [0.4, 0.5) is 13.6 Å². The highest BCUT2D eigenvalue weighted by molar-refractivity contribution is 5.74. The van der Waals surface area contributed by atoms with Gasteiger partial charge in [-0.3, -0.25) is 9.88 Å². The summed E-state index contributed by atoms with van der Waals surface area (Å²) in [5.74, 6) is -1.13. The van der Waals surface area contributed by atoms with Crippen LogP contribution >= 0.6 is 0 Å². The maximum absolute atomic E-state index is 13.3. The number of rotatable bonds is 5. The third-order valence-electron chi connectivity index (χ3n) is 4.43. The average molecular weight is 360 g/mol. The summed E-state index contributed by atoms with van der Waals surface area (Å²) >= 11 is 0. The number of piperazine rings is 1.